The lowest BCUT2D eigenvalue weighted by atomic mass is 9.97. The number of ether oxygens (including phenoxy) is 4. The Bertz CT molecular complexity index is 865. The Morgan fingerprint density at radius 2 is 1.75 bits per heavy atom. The summed E-state index contributed by atoms with van der Waals surface area (Å²) in [5, 5.41) is 0. The summed E-state index contributed by atoms with van der Waals surface area (Å²) in [6, 6.07) is 13.3. The minimum Gasteiger partial charge on any atom is -0.489 e. The molecule has 5 heteroatoms. The van der Waals surface area contributed by atoms with Gasteiger partial charge in [-0.25, -0.2) is 4.79 Å². The molecule has 2 aromatic rings. The number of carbonyl (C=O) groups excluding carboxylic acids is 1. The Labute approximate surface area is 165 Å². The molecule has 0 saturated heterocycles. The van der Waals surface area contributed by atoms with Crippen molar-refractivity contribution in [3.8, 4) is 17.2 Å². The number of allylic oxidation sites excluding steroid dienone is 1. The highest BCUT2D eigenvalue weighted by atomic mass is 16.7. The van der Waals surface area contributed by atoms with Crippen LogP contribution in [0.2, 0.25) is 0 Å². The summed E-state index contributed by atoms with van der Waals surface area (Å²) in [7, 11) is 0. The summed E-state index contributed by atoms with van der Waals surface area (Å²) < 4.78 is 21.7. The lowest BCUT2D eigenvalue weighted by Crippen LogP contribution is -2.26. The molecule has 0 N–H and O–H groups in total. The summed E-state index contributed by atoms with van der Waals surface area (Å²) in [6.45, 7) is 9.57. The molecule has 0 bridgehead atoms. The van der Waals surface area contributed by atoms with E-state index in [2.05, 4.69) is 19.9 Å². The highest BCUT2D eigenvalue weighted by molar-refractivity contribution is 5.81. The molecule has 0 unspecified atom stereocenters. The molecule has 3 rings (SSSR count). The molecule has 0 aliphatic carbocycles. The summed E-state index contributed by atoms with van der Waals surface area (Å²) in [6.07, 6.45) is 1.37. The van der Waals surface area contributed by atoms with Crippen molar-refractivity contribution < 1.29 is 23.7 Å². The molecular formula is C23H26O5. The second-order valence-corrected chi connectivity index (χ2v) is 7.58. The third-order valence-electron chi connectivity index (χ3n) is 4.36. The van der Waals surface area contributed by atoms with Crippen molar-refractivity contribution >= 4 is 17.8 Å². The molecule has 0 aromatic heterocycles. The van der Waals surface area contributed by atoms with E-state index in [-0.39, 0.29) is 12.0 Å². The molecule has 0 radical (unpaired) electrons. The van der Waals surface area contributed by atoms with Gasteiger partial charge in [0.05, 0.1) is 19.8 Å². The number of hydrogen-bond donors (Lipinski definition) is 0. The van der Waals surface area contributed by atoms with E-state index in [0.717, 1.165) is 28.2 Å². The van der Waals surface area contributed by atoms with Gasteiger partial charge in [0.2, 0.25) is 0 Å². The van der Waals surface area contributed by atoms with Crippen molar-refractivity contribution in [2.75, 3.05) is 19.8 Å². The van der Waals surface area contributed by atoms with Gasteiger partial charge in [-0.15, -0.1) is 0 Å². The van der Waals surface area contributed by atoms with Gasteiger partial charge in [-0.1, -0.05) is 38.1 Å². The van der Waals surface area contributed by atoms with Gasteiger partial charge in [-0.3, -0.25) is 0 Å². The van der Waals surface area contributed by atoms with Crippen LogP contribution in [0, 0.1) is 5.41 Å². The first-order valence-electron chi connectivity index (χ1n) is 9.39. The van der Waals surface area contributed by atoms with Gasteiger partial charge >= 0.3 is 6.16 Å². The molecule has 0 spiro atoms. The Hall–Kier alpha value is -2.95. The van der Waals surface area contributed by atoms with Crippen molar-refractivity contribution in [2.45, 2.75) is 27.7 Å². The minimum absolute atomic E-state index is 0.0164. The van der Waals surface area contributed by atoms with Crippen molar-refractivity contribution in [1.29, 1.82) is 0 Å². The van der Waals surface area contributed by atoms with Crippen LogP contribution in [0.25, 0.3) is 11.6 Å². The maximum absolute atomic E-state index is 11.4. The van der Waals surface area contributed by atoms with E-state index in [9.17, 15) is 4.79 Å². The van der Waals surface area contributed by atoms with Gasteiger partial charge in [0.1, 0.15) is 5.75 Å². The van der Waals surface area contributed by atoms with Gasteiger partial charge in [0.25, 0.3) is 0 Å². The standard InChI is InChI=1S/C23H26O5/c1-5-25-22(24)28-19-9-6-17(7-10-19)12-16(2)18-8-11-20-21(13-18)27-15-23(3,4)14-26-20/h6-13H,5,14-15H2,1-4H3/b16-12+. The van der Waals surface area contributed by atoms with E-state index in [1.54, 1.807) is 19.1 Å². The zero-order valence-corrected chi connectivity index (χ0v) is 16.8. The number of fused-ring (bicyclic) bond motifs is 1. The molecular weight excluding hydrogens is 356 g/mol. The predicted octanol–water partition coefficient (Wildman–Crippen LogP) is 5.58. The quantitative estimate of drug-likeness (QED) is 0.392. The highest BCUT2D eigenvalue weighted by Gasteiger charge is 2.25. The molecule has 5 nitrogen and oxygen atoms in total. The van der Waals surface area contributed by atoms with E-state index in [4.69, 9.17) is 18.9 Å². The second kappa shape index (κ2) is 8.38. The van der Waals surface area contributed by atoms with Crippen molar-refractivity contribution in [3.05, 3.63) is 53.6 Å². The van der Waals surface area contributed by atoms with Crippen LogP contribution >= 0.6 is 0 Å². The molecule has 28 heavy (non-hydrogen) atoms. The van der Waals surface area contributed by atoms with Crippen LogP contribution in [0.1, 0.15) is 38.8 Å². The van der Waals surface area contributed by atoms with Crippen LogP contribution < -0.4 is 14.2 Å². The van der Waals surface area contributed by atoms with Crippen molar-refractivity contribution in [1.82, 2.24) is 0 Å². The molecule has 0 atom stereocenters. The monoisotopic (exact) mass is 382 g/mol. The molecule has 1 aliphatic rings. The van der Waals surface area contributed by atoms with Crippen molar-refractivity contribution in [3.63, 3.8) is 0 Å². The highest BCUT2D eigenvalue weighted by Crippen LogP contribution is 2.36. The normalized spacial score (nSPS) is 15.5. The zero-order chi connectivity index (χ0) is 20.1. The average molecular weight is 382 g/mol. The molecule has 1 heterocycles. The van der Waals surface area contributed by atoms with Crippen LogP contribution in [0.5, 0.6) is 17.2 Å². The average Bonchev–Trinajstić information content (AvgIpc) is 2.81. The fourth-order valence-electron chi connectivity index (χ4n) is 2.78. The number of carbonyl (C=O) groups is 1. The smallest absolute Gasteiger partial charge is 0.489 e. The molecule has 2 aromatic carbocycles. The summed E-state index contributed by atoms with van der Waals surface area (Å²) in [5.41, 5.74) is 3.14. The minimum atomic E-state index is -0.697. The largest absolute Gasteiger partial charge is 0.513 e. The fraction of sp³-hybridized carbons (Fsp3) is 0.348. The molecule has 1 aliphatic heterocycles. The summed E-state index contributed by atoms with van der Waals surface area (Å²) in [4.78, 5) is 11.4. The zero-order valence-electron chi connectivity index (χ0n) is 16.8. The predicted molar refractivity (Wildman–Crippen MR) is 109 cm³/mol. The first-order chi connectivity index (χ1) is 13.4. The van der Waals surface area contributed by atoms with Gasteiger partial charge < -0.3 is 18.9 Å². The Morgan fingerprint density at radius 1 is 1.07 bits per heavy atom. The Kier molecular flexibility index (Phi) is 5.93. The van der Waals surface area contributed by atoms with Crippen LogP contribution in [0.15, 0.2) is 42.5 Å². The van der Waals surface area contributed by atoms with E-state index in [1.165, 1.54) is 0 Å². The fourth-order valence-corrected chi connectivity index (χ4v) is 2.78. The molecule has 148 valence electrons. The third-order valence-corrected chi connectivity index (χ3v) is 4.36. The SMILES string of the molecule is CCOC(=O)Oc1ccc(/C=C(\C)c2ccc3c(c2)OCC(C)(C)CO3)cc1. The van der Waals surface area contributed by atoms with Gasteiger partial charge in [0.15, 0.2) is 11.5 Å². The first-order valence-corrected chi connectivity index (χ1v) is 9.39. The molecule has 0 fully saturated rings. The number of benzene rings is 2. The lowest BCUT2D eigenvalue weighted by Gasteiger charge is -2.19. The summed E-state index contributed by atoms with van der Waals surface area (Å²) in [5.74, 6) is 2.00. The van der Waals surface area contributed by atoms with Crippen LogP contribution in [-0.4, -0.2) is 26.0 Å². The second-order valence-electron chi connectivity index (χ2n) is 7.58. The Morgan fingerprint density at radius 3 is 2.43 bits per heavy atom. The maximum atomic E-state index is 11.4. The van der Waals surface area contributed by atoms with Crippen LogP contribution in [0.4, 0.5) is 4.79 Å². The van der Waals surface area contributed by atoms with E-state index < -0.39 is 6.16 Å². The van der Waals surface area contributed by atoms with E-state index in [1.807, 2.05) is 37.3 Å². The Balaban J connectivity index is 1.73. The molecule has 0 saturated carbocycles. The first kappa shape index (κ1) is 19.8. The van der Waals surface area contributed by atoms with Crippen molar-refractivity contribution in [2.24, 2.45) is 5.41 Å². The van der Waals surface area contributed by atoms with E-state index >= 15 is 0 Å². The number of hydrogen-bond acceptors (Lipinski definition) is 5. The molecule has 0 amide bonds. The van der Waals surface area contributed by atoms with Gasteiger partial charge in [-0.2, -0.15) is 0 Å². The topological polar surface area (TPSA) is 54.0 Å². The van der Waals surface area contributed by atoms with Crippen LogP contribution in [-0.2, 0) is 4.74 Å². The number of rotatable bonds is 4. The van der Waals surface area contributed by atoms with Crippen LogP contribution in [0.3, 0.4) is 0 Å². The van der Waals surface area contributed by atoms with Gasteiger partial charge in [0, 0.05) is 5.41 Å². The van der Waals surface area contributed by atoms with Gasteiger partial charge in [-0.05, 0) is 54.8 Å². The third kappa shape index (κ3) is 5.06. The van der Waals surface area contributed by atoms with E-state index in [0.29, 0.717) is 19.0 Å². The maximum Gasteiger partial charge on any atom is 0.513 e. The lowest BCUT2D eigenvalue weighted by molar-refractivity contribution is 0.104. The summed E-state index contributed by atoms with van der Waals surface area (Å²) >= 11 is 0.